The molecular formula is C6H11Na2O11P. The summed E-state index contributed by atoms with van der Waals surface area (Å²) in [5, 5.41) is 43.2. The summed E-state index contributed by atoms with van der Waals surface area (Å²) in [7, 11) is -5.14. The number of aliphatic hydroxyl groups excluding tert-OH is 4. The maximum atomic E-state index is 10.1. The molecule has 0 fully saturated rings. The van der Waals surface area contributed by atoms with Crippen LogP contribution < -0.4 is 68.9 Å². The summed E-state index contributed by atoms with van der Waals surface area (Å²) in [6, 6.07) is 0. The first-order valence-corrected chi connectivity index (χ1v) is 5.56. The van der Waals surface area contributed by atoms with Crippen LogP contribution in [0.3, 0.4) is 0 Å². The van der Waals surface area contributed by atoms with Crippen LogP contribution in [0.2, 0.25) is 0 Å². The predicted octanol–water partition coefficient (Wildman–Crippen LogP) is -11.5. The van der Waals surface area contributed by atoms with Crippen molar-refractivity contribution in [3.05, 3.63) is 0 Å². The van der Waals surface area contributed by atoms with E-state index in [1.165, 1.54) is 0 Å². The van der Waals surface area contributed by atoms with Crippen molar-refractivity contribution >= 4 is 20.1 Å². The van der Waals surface area contributed by atoms with Gasteiger partial charge in [0.2, 0.25) is 0 Å². The second kappa shape index (κ2) is 13.7. The molecule has 0 aliphatic heterocycles. The van der Waals surface area contributed by atoms with E-state index in [1.807, 2.05) is 0 Å². The van der Waals surface area contributed by atoms with Crippen molar-refractivity contribution in [1.82, 2.24) is 0 Å². The molecule has 0 heterocycles. The van der Waals surface area contributed by atoms with Crippen LogP contribution in [0.5, 0.6) is 0 Å². The Labute approximate surface area is 157 Å². The Morgan fingerprint density at radius 3 is 1.55 bits per heavy atom. The fourth-order valence-corrected chi connectivity index (χ4v) is 0.615. The number of carbonyl (C=O) groups is 2. The van der Waals surface area contributed by atoms with Crippen molar-refractivity contribution in [2.24, 2.45) is 0 Å². The van der Waals surface area contributed by atoms with Crippen molar-refractivity contribution in [2.75, 3.05) is 0 Å². The van der Waals surface area contributed by atoms with Crippen molar-refractivity contribution in [3.8, 4) is 0 Å². The van der Waals surface area contributed by atoms with Crippen LogP contribution in [-0.4, -0.2) is 67.1 Å². The van der Waals surface area contributed by atoms with E-state index in [2.05, 4.69) is 0 Å². The van der Waals surface area contributed by atoms with Crippen molar-refractivity contribution in [2.45, 2.75) is 24.4 Å². The zero-order chi connectivity index (χ0) is 15.1. The summed E-state index contributed by atoms with van der Waals surface area (Å²) < 4.78 is 8.66. The minimum Gasteiger partial charge on any atom is -0.790 e. The fraction of sp³-hybridized carbons (Fsp3) is 0.667. The average Bonchev–Trinajstić information content (AvgIpc) is 2.22. The first-order chi connectivity index (χ1) is 7.91. The number of hydrogen-bond acceptors (Lipinski definition) is 9. The SMILES string of the molecule is O=CC(O)C(O)C(O)C(O)C(=O)O.O=P([O-])([O-])O.[Na+].[Na+]. The van der Waals surface area contributed by atoms with Gasteiger partial charge in [-0.05, 0) is 0 Å². The minimum atomic E-state index is -5.14. The maximum Gasteiger partial charge on any atom is 1.00 e. The van der Waals surface area contributed by atoms with Crippen LogP contribution >= 0.6 is 7.82 Å². The molecule has 0 aromatic carbocycles. The van der Waals surface area contributed by atoms with Crippen molar-refractivity contribution in [3.63, 3.8) is 0 Å². The Hall–Kier alpha value is 1.09. The van der Waals surface area contributed by atoms with E-state index >= 15 is 0 Å². The number of aldehydes is 1. The third-order valence-electron chi connectivity index (χ3n) is 1.42. The molecule has 0 aliphatic rings. The van der Waals surface area contributed by atoms with E-state index < -0.39 is 38.2 Å². The smallest absolute Gasteiger partial charge is 0.790 e. The van der Waals surface area contributed by atoms with Crippen LogP contribution in [0.4, 0.5) is 0 Å². The standard InChI is InChI=1S/C6H10O7.2Na.H3O4P/c7-1-2(8)3(9)4(10)5(11)6(12)13;;;1-5(2,3)4/h1-5,8-11H,(H,12,13);;;(H3,1,2,3,4)/q;2*+1;/p-2. The van der Waals surface area contributed by atoms with Gasteiger partial charge < -0.3 is 49.6 Å². The van der Waals surface area contributed by atoms with Crippen LogP contribution in [0.1, 0.15) is 0 Å². The molecule has 0 rings (SSSR count). The zero-order valence-corrected chi connectivity index (χ0v) is 15.5. The Morgan fingerprint density at radius 1 is 1.05 bits per heavy atom. The van der Waals surface area contributed by atoms with E-state index in [4.69, 9.17) is 44.8 Å². The van der Waals surface area contributed by atoms with Crippen LogP contribution in [0.15, 0.2) is 0 Å². The molecule has 0 saturated heterocycles. The van der Waals surface area contributed by atoms with E-state index in [9.17, 15) is 9.59 Å². The zero-order valence-electron chi connectivity index (χ0n) is 10.6. The van der Waals surface area contributed by atoms with Gasteiger partial charge in [-0.25, -0.2) is 4.79 Å². The molecule has 0 aliphatic carbocycles. The molecule has 11 nitrogen and oxygen atoms in total. The number of aliphatic hydroxyl groups is 4. The molecule has 6 N–H and O–H groups in total. The Morgan fingerprint density at radius 2 is 1.35 bits per heavy atom. The number of carboxylic acids is 1. The monoisotopic (exact) mass is 336 g/mol. The molecular weight excluding hydrogens is 325 g/mol. The van der Waals surface area contributed by atoms with Gasteiger partial charge in [0, 0.05) is 0 Å². The number of phosphoric acid groups is 1. The topological polar surface area (TPSA) is 219 Å². The average molecular weight is 336 g/mol. The summed E-state index contributed by atoms with van der Waals surface area (Å²) in [5.74, 6) is -1.76. The van der Waals surface area contributed by atoms with Gasteiger partial charge in [0.15, 0.2) is 12.4 Å². The van der Waals surface area contributed by atoms with Gasteiger partial charge in [0.05, 0.1) is 7.82 Å². The van der Waals surface area contributed by atoms with Crippen molar-refractivity contribution in [1.29, 1.82) is 0 Å². The molecule has 20 heavy (non-hydrogen) atoms. The van der Waals surface area contributed by atoms with Crippen LogP contribution in [0.25, 0.3) is 0 Å². The normalized spacial score (nSPS) is 15.9. The molecule has 14 heteroatoms. The predicted molar refractivity (Wildman–Crippen MR) is 47.6 cm³/mol. The quantitative estimate of drug-likeness (QED) is 0.157. The van der Waals surface area contributed by atoms with Gasteiger partial charge in [-0.1, -0.05) is 0 Å². The second-order valence-electron chi connectivity index (χ2n) is 2.86. The molecule has 4 unspecified atom stereocenters. The number of rotatable bonds is 5. The third-order valence-corrected chi connectivity index (χ3v) is 1.42. The van der Waals surface area contributed by atoms with Crippen LogP contribution in [-0.2, 0) is 14.2 Å². The summed E-state index contributed by atoms with van der Waals surface area (Å²) in [4.78, 5) is 44.2. The summed E-state index contributed by atoms with van der Waals surface area (Å²) in [6.45, 7) is 0. The number of hydrogen-bond donors (Lipinski definition) is 6. The largest absolute Gasteiger partial charge is 1.00 e. The Balaban J connectivity index is -0.000000158. The third kappa shape index (κ3) is 17.1. The minimum absolute atomic E-state index is 0. The van der Waals surface area contributed by atoms with Gasteiger partial charge in [-0.15, -0.1) is 0 Å². The number of carbonyl (C=O) groups excluding carboxylic acids is 1. The molecule has 108 valence electrons. The van der Waals surface area contributed by atoms with E-state index in [0.717, 1.165) is 0 Å². The van der Waals surface area contributed by atoms with Gasteiger partial charge in [-0.3, -0.25) is 0 Å². The van der Waals surface area contributed by atoms with Gasteiger partial charge in [0.1, 0.15) is 18.3 Å². The number of carboxylic acid groups (broad SMARTS) is 1. The van der Waals surface area contributed by atoms with E-state index in [0.29, 0.717) is 0 Å². The molecule has 0 aromatic rings. The summed E-state index contributed by atoms with van der Waals surface area (Å²) in [6.07, 6.45) is -8.39. The molecule has 0 amide bonds. The molecule has 0 aromatic heterocycles. The summed E-state index contributed by atoms with van der Waals surface area (Å²) in [5.41, 5.74) is 0. The molecule has 0 saturated carbocycles. The maximum absolute atomic E-state index is 10.1. The molecule has 0 radical (unpaired) electrons. The first-order valence-electron chi connectivity index (χ1n) is 4.07. The molecule has 0 bridgehead atoms. The Kier molecular flexibility index (Phi) is 20.0. The van der Waals surface area contributed by atoms with Crippen LogP contribution in [0, 0.1) is 0 Å². The van der Waals surface area contributed by atoms with E-state index in [-0.39, 0.29) is 65.4 Å². The molecule has 0 spiro atoms. The van der Waals surface area contributed by atoms with Gasteiger partial charge >= 0.3 is 65.1 Å². The van der Waals surface area contributed by atoms with Crippen molar-refractivity contribution < 1.29 is 113 Å². The second-order valence-corrected chi connectivity index (χ2v) is 3.80. The van der Waals surface area contributed by atoms with Gasteiger partial charge in [0.25, 0.3) is 0 Å². The summed E-state index contributed by atoms with van der Waals surface area (Å²) >= 11 is 0. The fourth-order valence-electron chi connectivity index (χ4n) is 0.615. The number of aliphatic carboxylic acids is 1. The molecule has 4 atom stereocenters. The van der Waals surface area contributed by atoms with E-state index in [1.54, 1.807) is 0 Å². The first kappa shape index (κ1) is 29.1. The Bertz CT molecular complexity index is 312. The van der Waals surface area contributed by atoms with Gasteiger partial charge in [-0.2, -0.15) is 0 Å².